The fourth-order valence-corrected chi connectivity index (χ4v) is 2.48. The molecule has 2 nitrogen and oxygen atoms in total. The molecular formula is C18H18O2. The number of hydrogen-bond donors (Lipinski definition) is 0. The summed E-state index contributed by atoms with van der Waals surface area (Å²) in [6.45, 7) is 2.07. The van der Waals surface area contributed by atoms with Crippen LogP contribution in [-0.4, -0.2) is 12.9 Å². The number of aryl methyl sites for hydroxylation is 1. The lowest BCUT2D eigenvalue weighted by Crippen LogP contribution is -2.00. The average molecular weight is 266 g/mol. The Balaban J connectivity index is 1.88. The molecule has 0 bridgehead atoms. The Hall–Kier alpha value is -2.09. The molecule has 20 heavy (non-hydrogen) atoms. The summed E-state index contributed by atoms with van der Waals surface area (Å²) in [5.74, 6) is 1.44. The number of hydrogen-bond acceptors (Lipinski definition) is 2. The van der Waals surface area contributed by atoms with Gasteiger partial charge in [0, 0.05) is 11.5 Å². The minimum atomic E-state index is 0.281. The average Bonchev–Trinajstić information content (AvgIpc) is 3.31. The van der Waals surface area contributed by atoms with E-state index in [0.29, 0.717) is 5.78 Å². The largest absolute Gasteiger partial charge is 0.497 e. The van der Waals surface area contributed by atoms with E-state index in [-0.39, 0.29) is 5.92 Å². The molecule has 3 rings (SSSR count). The van der Waals surface area contributed by atoms with Gasteiger partial charge in [0.05, 0.1) is 7.11 Å². The predicted molar refractivity (Wildman–Crippen MR) is 80.2 cm³/mol. The molecule has 0 amide bonds. The Morgan fingerprint density at radius 1 is 1.10 bits per heavy atom. The van der Waals surface area contributed by atoms with E-state index in [1.807, 2.05) is 36.4 Å². The summed E-state index contributed by atoms with van der Waals surface area (Å²) in [4.78, 5) is 12.0. The van der Waals surface area contributed by atoms with E-state index in [2.05, 4.69) is 13.0 Å². The van der Waals surface area contributed by atoms with Crippen LogP contribution in [0.4, 0.5) is 0 Å². The number of methoxy groups -OCH3 is 1. The maximum atomic E-state index is 12.0. The number of ketones is 1. The Morgan fingerprint density at radius 3 is 2.35 bits per heavy atom. The van der Waals surface area contributed by atoms with Gasteiger partial charge in [-0.15, -0.1) is 0 Å². The first-order valence-corrected chi connectivity index (χ1v) is 6.98. The molecule has 0 atom stereocenters. The van der Waals surface area contributed by atoms with Gasteiger partial charge in [-0.05, 0) is 48.6 Å². The fraction of sp³-hybridized carbons (Fsp3) is 0.278. The molecule has 1 aliphatic carbocycles. The third-order valence-corrected chi connectivity index (χ3v) is 3.86. The van der Waals surface area contributed by atoms with Crippen LogP contribution in [0.2, 0.25) is 0 Å². The van der Waals surface area contributed by atoms with Gasteiger partial charge < -0.3 is 4.74 Å². The first-order chi connectivity index (χ1) is 9.69. The standard InChI is InChI=1S/C18H18O2/c1-12-11-16(20-2)9-10-17(12)13-3-5-14(6-4-13)18(19)15-7-8-15/h3-6,9-11,15H,7-8H2,1-2H3. The van der Waals surface area contributed by atoms with Gasteiger partial charge >= 0.3 is 0 Å². The van der Waals surface area contributed by atoms with Crippen LogP contribution in [0.25, 0.3) is 11.1 Å². The van der Waals surface area contributed by atoms with Gasteiger partial charge in [-0.2, -0.15) is 0 Å². The quantitative estimate of drug-likeness (QED) is 0.773. The van der Waals surface area contributed by atoms with E-state index in [1.54, 1.807) is 7.11 Å². The van der Waals surface area contributed by atoms with Gasteiger partial charge in [0.1, 0.15) is 5.75 Å². The van der Waals surface area contributed by atoms with E-state index in [0.717, 1.165) is 29.7 Å². The summed E-state index contributed by atoms with van der Waals surface area (Å²) >= 11 is 0. The monoisotopic (exact) mass is 266 g/mol. The van der Waals surface area contributed by atoms with Crippen LogP contribution >= 0.6 is 0 Å². The van der Waals surface area contributed by atoms with Crippen LogP contribution in [0, 0.1) is 12.8 Å². The Labute approximate surface area is 119 Å². The number of rotatable bonds is 4. The van der Waals surface area contributed by atoms with Gasteiger partial charge in [0.2, 0.25) is 0 Å². The summed E-state index contributed by atoms with van der Waals surface area (Å²) in [6, 6.07) is 14.0. The highest BCUT2D eigenvalue weighted by atomic mass is 16.5. The maximum Gasteiger partial charge on any atom is 0.165 e. The van der Waals surface area contributed by atoms with Crippen LogP contribution < -0.4 is 4.74 Å². The van der Waals surface area contributed by atoms with Gasteiger partial charge in [0.25, 0.3) is 0 Å². The lowest BCUT2D eigenvalue weighted by molar-refractivity contribution is 0.0967. The normalized spacial score (nSPS) is 14.1. The summed E-state index contributed by atoms with van der Waals surface area (Å²) in [5.41, 5.74) is 4.32. The zero-order chi connectivity index (χ0) is 14.1. The summed E-state index contributed by atoms with van der Waals surface area (Å²) in [5, 5.41) is 0. The SMILES string of the molecule is COc1ccc(-c2ccc(C(=O)C3CC3)cc2)c(C)c1. The summed E-state index contributed by atoms with van der Waals surface area (Å²) < 4.78 is 5.23. The molecular weight excluding hydrogens is 248 g/mol. The van der Waals surface area contributed by atoms with E-state index in [9.17, 15) is 4.79 Å². The number of ether oxygens (including phenoxy) is 1. The molecule has 1 aliphatic rings. The maximum absolute atomic E-state index is 12.0. The molecule has 0 heterocycles. The van der Waals surface area contributed by atoms with Crippen molar-refractivity contribution in [2.45, 2.75) is 19.8 Å². The molecule has 0 aliphatic heterocycles. The van der Waals surface area contributed by atoms with Crippen molar-refractivity contribution in [2.24, 2.45) is 5.92 Å². The van der Waals surface area contributed by atoms with Crippen molar-refractivity contribution < 1.29 is 9.53 Å². The van der Waals surface area contributed by atoms with Gasteiger partial charge in [-0.25, -0.2) is 0 Å². The fourth-order valence-electron chi connectivity index (χ4n) is 2.48. The van der Waals surface area contributed by atoms with Crippen molar-refractivity contribution in [3.8, 4) is 16.9 Å². The first kappa shape index (κ1) is 12.9. The zero-order valence-corrected chi connectivity index (χ0v) is 11.8. The predicted octanol–water partition coefficient (Wildman–Crippen LogP) is 4.26. The molecule has 2 aromatic rings. The molecule has 2 heteroatoms. The van der Waals surface area contributed by atoms with Crippen LogP contribution in [0.15, 0.2) is 42.5 Å². The van der Waals surface area contributed by atoms with Gasteiger partial charge in [-0.3, -0.25) is 4.79 Å². The van der Waals surface area contributed by atoms with E-state index in [1.165, 1.54) is 11.1 Å². The minimum absolute atomic E-state index is 0.281. The molecule has 102 valence electrons. The first-order valence-electron chi connectivity index (χ1n) is 6.98. The van der Waals surface area contributed by atoms with Crippen LogP contribution in [0.3, 0.4) is 0 Å². The highest BCUT2D eigenvalue weighted by Gasteiger charge is 2.30. The van der Waals surface area contributed by atoms with E-state index in [4.69, 9.17) is 4.74 Å². The third kappa shape index (κ3) is 2.46. The Morgan fingerprint density at radius 2 is 1.80 bits per heavy atom. The van der Waals surface area contributed by atoms with Crippen LogP contribution in [0.1, 0.15) is 28.8 Å². The number of carbonyl (C=O) groups excluding carboxylic acids is 1. The van der Waals surface area contributed by atoms with Crippen molar-refractivity contribution in [2.75, 3.05) is 7.11 Å². The molecule has 0 radical (unpaired) electrons. The summed E-state index contributed by atoms with van der Waals surface area (Å²) in [6.07, 6.45) is 2.11. The third-order valence-electron chi connectivity index (χ3n) is 3.86. The van der Waals surface area contributed by atoms with Crippen LogP contribution in [-0.2, 0) is 0 Å². The smallest absolute Gasteiger partial charge is 0.165 e. The van der Waals surface area contributed by atoms with Gasteiger partial charge in [0.15, 0.2) is 5.78 Å². The second-order valence-electron chi connectivity index (χ2n) is 5.40. The molecule has 0 N–H and O–H groups in total. The molecule has 0 unspecified atom stereocenters. The van der Waals surface area contributed by atoms with Crippen molar-refractivity contribution in [1.29, 1.82) is 0 Å². The molecule has 0 spiro atoms. The Kier molecular flexibility index (Phi) is 3.31. The molecule has 0 aromatic heterocycles. The van der Waals surface area contributed by atoms with Crippen molar-refractivity contribution >= 4 is 5.78 Å². The number of benzene rings is 2. The highest BCUT2D eigenvalue weighted by molar-refractivity contribution is 5.99. The Bertz CT molecular complexity index is 637. The van der Waals surface area contributed by atoms with Crippen molar-refractivity contribution in [3.05, 3.63) is 53.6 Å². The number of carbonyl (C=O) groups is 1. The van der Waals surface area contributed by atoms with Crippen molar-refractivity contribution in [1.82, 2.24) is 0 Å². The molecule has 2 aromatic carbocycles. The van der Waals surface area contributed by atoms with Gasteiger partial charge in [-0.1, -0.05) is 30.3 Å². The zero-order valence-electron chi connectivity index (χ0n) is 11.8. The number of Topliss-reactive ketones (excluding diaryl/α,β-unsaturated/α-hetero) is 1. The lowest BCUT2D eigenvalue weighted by Gasteiger charge is -2.09. The van der Waals surface area contributed by atoms with Crippen LogP contribution in [0.5, 0.6) is 5.75 Å². The molecule has 0 saturated heterocycles. The lowest BCUT2D eigenvalue weighted by atomic mass is 9.98. The second-order valence-corrected chi connectivity index (χ2v) is 5.40. The van der Waals surface area contributed by atoms with E-state index >= 15 is 0 Å². The van der Waals surface area contributed by atoms with E-state index < -0.39 is 0 Å². The highest BCUT2D eigenvalue weighted by Crippen LogP contribution is 2.33. The molecule has 1 fully saturated rings. The van der Waals surface area contributed by atoms with Crippen molar-refractivity contribution in [3.63, 3.8) is 0 Å². The second kappa shape index (κ2) is 5.12. The topological polar surface area (TPSA) is 26.3 Å². The molecule has 1 saturated carbocycles. The minimum Gasteiger partial charge on any atom is -0.497 e. The summed E-state index contributed by atoms with van der Waals surface area (Å²) in [7, 11) is 1.67.